The van der Waals surface area contributed by atoms with Crippen molar-refractivity contribution in [1.82, 2.24) is 4.90 Å². The summed E-state index contributed by atoms with van der Waals surface area (Å²) in [7, 11) is 1.69. The molecule has 0 saturated heterocycles. The van der Waals surface area contributed by atoms with Crippen LogP contribution < -0.4 is 10.1 Å². The lowest BCUT2D eigenvalue weighted by Gasteiger charge is -2.17. The molecule has 0 fully saturated rings. The van der Waals surface area contributed by atoms with E-state index in [9.17, 15) is 18.0 Å². The summed E-state index contributed by atoms with van der Waals surface area (Å²) in [5.41, 5.74) is -0.198. The van der Waals surface area contributed by atoms with E-state index in [2.05, 4.69) is 5.32 Å². The molecule has 4 nitrogen and oxygen atoms in total. The predicted molar refractivity (Wildman–Crippen MR) is 84.4 cm³/mol. The maximum atomic E-state index is 13.4. The first-order valence-electron chi connectivity index (χ1n) is 7.26. The van der Waals surface area contributed by atoms with E-state index in [-0.39, 0.29) is 18.0 Å². The molecule has 7 heteroatoms. The molecule has 0 aliphatic heterocycles. The molecule has 0 aromatic heterocycles. The normalized spacial score (nSPS) is 10.7. The first kappa shape index (κ1) is 17.8. The molecular weight excluding hydrogens is 321 g/mol. The van der Waals surface area contributed by atoms with Crippen LogP contribution in [0.15, 0.2) is 42.5 Å². The topological polar surface area (TPSA) is 41.6 Å². The van der Waals surface area contributed by atoms with E-state index >= 15 is 0 Å². The molecule has 0 aliphatic carbocycles. The van der Waals surface area contributed by atoms with Gasteiger partial charge in [0.1, 0.15) is 29.8 Å². The minimum atomic E-state index is -0.702. The molecule has 0 bridgehead atoms. The average Bonchev–Trinajstić information content (AvgIpc) is 2.53. The smallest absolute Gasteiger partial charge is 0.238 e. The lowest BCUT2D eigenvalue weighted by atomic mass is 10.3. The summed E-state index contributed by atoms with van der Waals surface area (Å²) in [4.78, 5) is 13.5. The highest BCUT2D eigenvalue weighted by atomic mass is 19.1. The lowest BCUT2D eigenvalue weighted by molar-refractivity contribution is -0.117. The minimum Gasteiger partial charge on any atom is -0.492 e. The van der Waals surface area contributed by atoms with Crippen molar-refractivity contribution in [2.75, 3.05) is 32.1 Å². The monoisotopic (exact) mass is 338 g/mol. The number of rotatable bonds is 7. The van der Waals surface area contributed by atoms with E-state index in [0.717, 1.165) is 18.2 Å². The van der Waals surface area contributed by atoms with Gasteiger partial charge in [-0.25, -0.2) is 13.2 Å². The van der Waals surface area contributed by atoms with Crippen molar-refractivity contribution in [3.8, 4) is 5.75 Å². The van der Waals surface area contributed by atoms with Crippen molar-refractivity contribution in [3.05, 3.63) is 59.9 Å². The molecule has 0 saturated carbocycles. The molecule has 2 aromatic rings. The Bertz CT molecular complexity index is 693. The van der Waals surface area contributed by atoms with Gasteiger partial charge in [0, 0.05) is 12.6 Å². The number of nitrogens with zero attached hydrogens (tertiary/aromatic N) is 1. The second kappa shape index (κ2) is 8.35. The van der Waals surface area contributed by atoms with E-state index in [4.69, 9.17) is 4.74 Å². The number of carbonyl (C=O) groups excluding carboxylic acids is 1. The summed E-state index contributed by atoms with van der Waals surface area (Å²) in [5.74, 6) is -1.62. The van der Waals surface area contributed by atoms with Crippen LogP contribution in [0.2, 0.25) is 0 Å². The van der Waals surface area contributed by atoms with E-state index in [1.165, 1.54) is 24.3 Å². The number of ether oxygens (including phenoxy) is 1. The van der Waals surface area contributed by atoms with Crippen LogP contribution in [0.5, 0.6) is 5.75 Å². The van der Waals surface area contributed by atoms with Gasteiger partial charge < -0.3 is 10.1 Å². The Balaban J connectivity index is 1.75. The zero-order valence-corrected chi connectivity index (χ0v) is 13.1. The number of carbonyl (C=O) groups is 1. The van der Waals surface area contributed by atoms with Gasteiger partial charge >= 0.3 is 0 Å². The van der Waals surface area contributed by atoms with Crippen LogP contribution in [0.25, 0.3) is 0 Å². The van der Waals surface area contributed by atoms with Gasteiger partial charge in [-0.05, 0) is 43.4 Å². The number of hydrogen-bond acceptors (Lipinski definition) is 3. The SMILES string of the molecule is CN(CCOc1ccc(F)cc1)CC(=O)Nc1cc(F)ccc1F. The Morgan fingerprint density at radius 1 is 1.08 bits per heavy atom. The first-order chi connectivity index (χ1) is 11.4. The van der Waals surface area contributed by atoms with Gasteiger partial charge in [-0.2, -0.15) is 0 Å². The van der Waals surface area contributed by atoms with E-state index < -0.39 is 17.5 Å². The maximum Gasteiger partial charge on any atom is 0.238 e. The van der Waals surface area contributed by atoms with Gasteiger partial charge in [0.2, 0.25) is 5.91 Å². The Morgan fingerprint density at radius 3 is 2.46 bits per heavy atom. The molecule has 24 heavy (non-hydrogen) atoms. The molecular formula is C17H17F3N2O2. The molecule has 2 rings (SSSR count). The fraction of sp³-hybridized carbons (Fsp3) is 0.235. The fourth-order valence-corrected chi connectivity index (χ4v) is 1.96. The summed E-state index contributed by atoms with van der Waals surface area (Å²) < 4.78 is 44.7. The van der Waals surface area contributed by atoms with Gasteiger partial charge in [-0.1, -0.05) is 0 Å². The van der Waals surface area contributed by atoms with Crippen LogP contribution in [0, 0.1) is 17.5 Å². The van der Waals surface area contributed by atoms with E-state index in [0.29, 0.717) is 18.9 Å². The van der Waals surface area contributed by atoms with Crippen LogP contribution in [-0.2, 0) is 4.79 Å². The molecule has 0 radical (unpaired) electrons. The van der Waals surface area contributed by atoms with Crippen LogP contribution >= 0.6 is 0 Å². The zero-order chi connectivity index (χ0) is 17.5. The number of anilines is 1. The summed E-state index contributed by atoms with van der Waals surface area (Å²) in [6.45, 7) is 0.711. The van der Waals surface area contributed by atoms with Crippen molar-refractivity contribution in [2.24, 2.45) is 0 Å². The lowest BCUT2D eigenvalue weighted by Crippen LogP contribution is -2.33. The van der Waals surface area contributed by atoms with Crippen LogP contribution in [0.1, 0.15) is 0 Å². The largest absolute Gasteiger partial charge is 0.492 e. The van der Waals surface area contributed by atoms with Gasteiger partial charge in [0.25, 0.3) is 0 Å². The number of hydrogen-bond donors (Lipinski definition) is 1. The Morgan fingerprint density at radius 2 is 1.75 bits per heavy atom. The van der Waals surface area contributed by atoms with E-state index in [1.807, 2.05) is 0 Å². The summed E-state index contributed by atoms with van der Waals surface area (Å²) >= 11 is 0. The fourth-order valence-electron chi connectivity index (χ4n) is 1.96. The van der Waals surface area contributed by atoms with Gasteiger partial charge in [0.05, 0.1) is 12.2 Å². The van der Waals surface area contributed by atoms with Crippen molar-refractivity contribution in [3.63, 3.8) is 0 Å². The van der Waals surface area contributed by atoms with E-state index in [1.54, 1.807) is 11.9 Å². The summed E-state index contributed by atoms with van der Waals surface area (Å²) in [6, 6.07) is 8.45. The number of amides is 1. The molecule has 0 heterocycles. The Hall–Kier alpha value is -2.54. The second-order valence-corrected chi connectivity index (χ2v) is 5.21. The molecule has 128 valence electrons. The average molecular weight is 338 g/mol. The third kappa shape index (κ3) is 5.58. The minimum absolute atomic E-state index is 0.0112. The number of benzene rings is 2. The standard InChI is InChI=1S/C17H17F3N2O2/c1-22(8-9-24-14-5-2-12(18)3-6-14)11-17(23)21-16-10-13(19)4-7-15(16)20/h2-7,10H,8-9,11H2,1H3,(H,21,23). The summed E-state index contributed by atoms with van der Waals surface area (Å²) in [5, 5.41) is 2.32. The molecule has 1 N–H and O–H groups in total. The summed E-state index contributed by atoms with van der Waals surface area (Å²) in [6.07, 6.45) is 0. The Labute approximate surface area is 137 Å². The molecule has 0 spiro atoms. The number of likely N-dealkylation sites (N-methyl/N-ethyl adjacent to an activating group) is 1. The quantitative estimate of drug-likeness (QED) is 0.844. The predicted octanol–water partition coefficient (Wildman–Crippen LogP) is 3.05. The highest BCUT2D eigenvalue weighted by molar-refractivity contribution is 5.92. The highest BCUT2D eigenvalue weighted by Crippen LogP contribution is 2.15. The third-order valence-electron chi connectivity index (χ3n) is 3.17. The third-order valence-corrected chi connectivity index (χ3v) is 3.17. The number of nitrogens with one attached hydrogen (secondary N) is 1. The van der Waals surface area contributed by atoms with Crippen LogP contribution in [0.4, 0.5) is 18.9 Å². The van der Waals surface area contributed by atoms with Gasteiger partial charge in [-0.3, -0.25) is 9.69 Å². The molecule has 0 atom stereocenters. The van der Waals surface area contributed by atoms with Crippen molar-refractivity contribution >= 4 is 11.6 Å². The first-order valence-corrected chi connectivity index (χ1v) is 7.26. The molecule has 0 unspecified atom stereocenters. The van der Waals surface area contributed by atoms with Crippen molar-refractivity contribution in [2.45, 2.75) is 0 Å². The van der Waals surface area contributed by atoms with Crippen LogP contribution in [-0.4, -0.2) is 37.6 Å². The van der Waals surface area contributed by atoms with Crippen LogP contribution in [0.3, 0.4) is 0 Å². The number of halogens is 3. The zero-order valence-electron chi connectivity index (χ0n) is 13.1. The van der Waals surface area contributed by atoms with Crippen molar-refractivity contribution < 1.29 is 22.7 Å². The Kier molecular flexibility index (Phi) is 6.20. The van der Waals surface area contributed by atoms with Crippen molar-refractivity contribution in [1.29, 1.82) is 0 Å². The molecule has 0 aliphatic rings. The molecule has 2 aromatic carbocycles. The second-order valence-electron chi connectivity index (χ2n) is 5.21. The maximum absolute atomic E-state index is 13.4. The van der Waals surface area contributed by atoms with Gasteiger partial charge in [0.15, 0.2) is 0 Å². The van der Waals surface area contributed by atoms with Gasteiger partial charge in [-0.15, -0.1) is 0 Å². The molecule has 1 amide bonds. The highest BCUT2D eigenvalue weighted by Gasteiger charge is 2.10.